The van der Waals surface area contributed by atoms with E-state index in [4.69, 9.17) is 10.5 Å². The van der Waals surface area contributed by atoms with Gasteiger partial charge < -0.3 is 10.5 Å². The highest BCUT2D eigenvalue weighted by atomic mass is 19.4. The van der Waals surface area contributed by atoms with Crippen molar-refractivity contribution in [1.29, 1.82) is 0 Å². The summed E-state index contributed by atoms with van der Waals surface area (Å²) in [6.07, 6.45) is -4.78. The molecule has 1 aromatic carbocycles. The van der Waals surface area contributed by atoms with Crippen molar-refractivity contribution in [3.05, 3.63) is 56.2 Å². The minimum atomic E-state index is -4.78. The SMILES string of the molecule is COCCN(C(=O)c1ccccc1C(F)(F)F)c1c(N)n(CC(C)C)c(=O)[nH]c1=O. The molecule has 0 aliphatic heterocycles. The summed E-state index contributed by atoms with van der Waals surface area (Å²) in [7, 11) is 1.33. The number of carbonyl (C=O) groups excluding carboxylic acids is 1. The van der Waals surface area contributed by atoms with Gasteiger partial charge in [-0.2, -0.15) is 13.2 Å². The molecule has 1 amide bonds. The number of aromatic amines is 1. The zero-order chi connectivity index (χ0) is 22.6. The van der Waals surface area contributed by atoms with Crippen molar-refractivity contribution in [2.24, 2.45) is 5.92 Å². The number of nitrogens with zero attached hydrogens (tertiary/aromatic N) is 2. The highest BCUT2D eigenvalue weighted by molar-refractivity contribution is 6.08. The molecule has 0 aliphatic rings. The number of rotatable bonds is 7. The molecule has 164 valence electrons. The Morgan fingerprint density at radius 3 is 2.47 bits per heavy atom. The molecule has 2 rings (SSSR count). The molecular weight excluding hydrogens is 405 g/mol. The Bertz CT molecular complexity index is 1030. The maximum atomic E-state index is 13.4. The highest BCUT2D eigenvalue weighted by Gasteiger charge is 2.37. The molecule has 0 atom stereocenters. The third-order valence-corrected chi connectivity index (χ3v) is 4.26. The number of methoxy groups -OCH3 is 1. The number of carbonyl (C=O) groups is 1. The van der Waals surface area contributed by atoms with Gasteiger partial charge in [0.05, 0.1) is 17.7 Å². The maximum Gasteiger partial charge on any atom is 0.417 e. The summed E-state index contributed by atoms with van der Waals surface area (Å²) in [6.45, 7) is 3.42. The molecule has 0 unspecified atom stereocenters. The van der Waals surface area contributed by atoms with Gasteiger partial charge in [-0.15, -0.1) is 0 Å². The second kappa shape index (κ2) is 9.16. The summed E-state index contributed by atoms with van der Waals surface area (Å²) in [5, 5.41) is 0. The fourth-order valence-corrected chi connectivity index (χ4v) is 2.94. The van der Waals surface area contributed by atoms with Crippen LogP contribution in [0.3, 0.4) is 0 Å². The van der Waals surface area contributed by atoms with Crippen LogP contribution in [0.4, 0.5) is 24.7 Å². The topological polar surface area (TPSA) is 110 Å². The first-order valence-electron chi connectivity index (χ1n) is 9.08. The molecule has 3 N–H and O–H groups in total. The summed E-state index contributed by atoms with van der Waals surface area (Å²) >= 11 is 0. The summed E-state index contributed by atoms with van der Waals surface area (Å²) in [5.74, 6) is -1.43. The van der Waals surface area contributed by atoms with E-state index in [2.05, 4.69) is 4.98 Å². The number of ether oxygens (including phenoxy) is 1. The van der Waals surface area contributed by atoms with Crippen LogP contribution in [0.5, 0.6) is 0 Å². The lowest BCUT2D eigenvalue weighted by atomic mass is 10.1. The third kappa shape index (κ3) is 4.90. The first-order chi connectivity index (χ1) is 14.0. The van der Waals surface area contributed by atoms with Crippen molar-refractivity contribution in [3.63, 3.8) is 0 Å². The maximum absolute atomic E-state index is 13.4. The fourth-order valence-electron chi connectivity index (χ4n) is 2.94. The Hall–Kier alpha value is -3.08. The Kier molecular flexibility index (Phi) is 7.08. The summed E-state index contributed by atoms with van der Waals surface area (Å²) < 4.78 is 46.2. The number of hydrogen-bond donors (Lipinski definition) is 2. The van der Waals surface area contributed by atoms with Crippen LogP contribution in [0, 0.1) is 5.92 Å². The van der Waals surface area contributed by atoms with Crippen molar-refractivity contribution >= 4 is 17.4 Å². The van der Waals surface area contributed by atoms with E-state index in [9.17, 15) is 27.6 Å². The number of nitrogens with two attached hydrogens (primary N) is 1. The normalized spacial score (nSPS) is 11.7. The van der Waals surface area contributed by atoms with Crippen molar-refractivity contribution < 1.29 is 22.7 Å². The van der Waals surface area contributed by atoms with E-state index >= 15 is 0 Å². The molecule has 11 heteroatoms. The second-order valence-electron chi connectivity index (χ2n) is 6.99. The van der Waals surface area contributed by atoms with Gasteiger partial charge >= 0.3 is 11.9 Å². The van der Waals surface area contributed by atoms with Crippen LogP contribution in [0.1, 0.15) is 29.8 Å². The van der Waals surface area contributed by atoms with Gasteiger partial charge in [0, 0.05) is 20.2 Å². The van der Waals surface area contributed by atoms with Gasteiger partial charge in [-0.1, -0.05) is 26.0 Å². The number of nitrogen functional groups attached to an aromatic ring is 1. The molecule has 30 heavy (non-hydrogen) atoms. The number of alkyl halides is 3. The predicted molar refractivity (Wildman–Crippen MR) is 106 cm³/mol. The van der Waals surface area contributed by atoms with Crippen molar-refractivity contribution in [3.8, 4) is 0 Å². The molecular formula is C19H23F3N4O4. The first-order valence-corrected chi connectivity index (χ1v) is 9.08. The number of benzene rings is 1. The van der Waals surface area contributed by atoms with E-state index in [1.165, 1.54) is 13.2 Å². The minimum Gasteiger partial charge on any atom is -0.383 e. The number of nitrogens with one attached hydrogen (secondary N) is 1. The Labute approximate surface area is 170 Å². The van der Waals surface area contributed by atoms with E-state index in [1.807, 2.05) is 13.8 Å². The van der Waals surface area contributed by atoms with Crippen molar-refractivity contribution in [2.45, 2.75) is 26.6 Å². The Morgan fingerprint density at radius 2 is 1.90 bits per heavy atom. The van der Waals surface area contributed by atoms with Gasteiger partial charge in [-0.3, -0.25) is 24.0 Å². The standard InChI is InChI=1S/C19H23F3N4O4/c1-11(2)10-26-15(23)14(16(27)24-18(26)29)25(8-9-30-3)17(28)12-6-4-5-7-13(12)19(20,21)22/h4-7,11H,8-10,23H2,1-3H3,(H,24,27,29). The smallest absolute Gasteiger partial charge is 0.383 e. The number of anilines is 2. The van der Waals surface area contributed by atoms with E-state index in [-0.39, 0.29) is 31.4 Å². The molecule has 0 spiro atoms. The summed E-state index contributed by atoms with van der Waals surface area (Å²) in [5.41, 5.74) is 2.07. The molecule has 8 nitrogen and oxygen atoms in total. The minimum absolute atomic E-state index is 0.0298. The predicted octanol–water partition coefficient (Wildman–Crippen LogP) is 2.09. The Balaban J connectivity index is 2.70. The van der Waals surface area contributed by atoms with E-state index in [0.717, 1.165) is 27.7 Å². The highest BCUT2D eigenvalue weighted by Crippen LogP contribution is 2.33. The molecule has 0 bridgehead atoms. The average molecular weight is 428 g/mol. The largest absolute Gasteiger partial charge is 0.417 e. The van der Waals surface area contributed by atoms with Crippen LogP contribution in [0.2, 0.25) is 0 Å². The van der Waals surface area contributed by atoms with Crippen LogP contribution in [-0.2, 0) is 17.5 Å². The summed E-state index contributed by atoms with van der Waals surface area (Å²) in [6, 6.07) is 4.22. The van der Waals surface area contributed by atoms with Crippen LogP contribution >= 0.6 is 0 Å². The fraction of sp³-hybridized carbons (Fsp3) is 0.421. The molecule has 0 radical (unpaired) electrons. The molecule has 0 fully saturated rings. The lowest BCUT2D eigenvalue weighted by Crippen LogP contribution is -2.43. The van der Waals surface area contributed by atoms with E-state index in [0.29, 0.717) is 0 Å². The molecule has 0 saturated heterocycles. The number of hydrogen-bond acceptors (Lipinski definition) is 5. The zero-order valence-corrected chi connectivity index (χ0v) is 16.7. The quantitative estimate of drug-likeness (QED) is 0.702. The lowest BCUT2D eigenvalue weighted by Gasteiger charge is -2.25. The summed E-state index contributed by atoms with van der Waals surface area (Å²) in [4.78, 5) is 40.7. The molecule has 2 aromatic rings. The van der Waals surface area contributed by atoms with Gasteiger partial charge in [-0.05, 0) is 18.1 Å². The van der Waals surface area contributed by atoms with E-state index in [1.54, 1.807) is 0 Å². The lowest BCUT2D eigenvalue weighted by molar-refractivity contribution is -0.137. The number of halogens is 3. The van der Waals surface area contributed by atoms with Gasteiger partial charge in [0.1, 0.15) is 5.82 Å². The van der Waals surface area contributed by atoms with Crippen LogP contribution < -0.4 is 21.9 Å². The van der Waals surface area contributed by atoms with E-state index < -0.39 is 40.1 Å². The zero-order valence-electron chi connectivity index (χ0n) is 16.7. The number of H-pyrrole nitrogens is 1. The Morgan fingerprint density at radius 1 is 1.27 bits per heavy atom. The molecule has 0 aliphatic carbocycles. The third-order valence-electron chi connectivity index (χ3n) is 4.26. The van der Waals surface area contributed by atoms with Crippen LogP contribution in [-0.4, -0.2) is 35.7 Å². The monoisotopic (exact) mass is 428 g/mol. The van der Waals surface area contributed by atoms with Crippen LogP contribution in [0.15, 0.2) is 33.9 Å². The second-order valence-corrected chi connectivity index (χ2v) is 6.99. The average Bonchev–Trinajstić information content (AvgIpc) is 2.66. The molecule has 1 heterocycles. The van der Waals surface area contributed by atoms with Crippen molar-refractivity contribution in [2.75, 3.05) is 30.9 Å². The van der Waals surface area contributed by atoms with Crippen molar-refractivity contribution in [1.82, 2.24) is 9.55 Å². The van der Waals surface area contributed by atoms with Gasteiger partial charge in [0.15, 0.2) is 5.69 Å². The van der Waals surface area contributed by atoms with Gasteiger partial charge in [0.25, 0.3) is 11.5 Å². The number of amides is 1. The number of aromatic nitrogens is 2. The first kappa shape index (κ1) is 23.2. The van der Waals surface area contributed by atoms with Gasteiger partial charge in [0.2, 0.25) is 0 Å². The van der Waals surface area contributed by atoms with Crippen LogP contribution in [0.25, 0.3) is 0 Å². The molecule has 1 aromatic heterocycles. The van der Waals surface area contributed by atoms with Gasteiger partial charge in [-0.25, -0.2) is 4.79 Å². The molecule has 0 saturated carbocycles.